The number of aromatic nitrogens is 3. The van der Waals surface area contributed by atoms with Gasteiger partial charge in [0.1, 0.15) is 6.42 Å². The first-order valence-corrected chi connectivity index (χ1v) is 11.5. The molecule has 0 N–H and O–H groups in total. The molecule has 0 spiro atoms. The number of nitrogens with zero attached hydrogens (tertiary/aromatic N) is 3. The van der Waals surface area contributed by atoms with E-state index < -0.39 is 5.97 Å². The number of carbonyl (C=O) groups excluding carboxylic acids is 2. The second-order valence-electron chi connectivity index (χ2n) is 8.33. The van der Waals surface area contributed by atoms with Crippen LogP contribution in [0.2, 0.25) is 0 Å². The Bertz CT molecular complexity index is 1330. The highest BCUT2D eigenvalue weighted by Gasteiger charge is 2.22. The Hall–Kier alpha value is -4.13. The van der Waals surface area contributed by atoms with Crippen molar-refractivity contribution in [2.24, 2.45) is 0 Å². The van der Waals surface area contributed by atoms with E-state index in [1.807, 2.05) is 49.4 Å². The van der Waals surface area contributed by atoms with E-state index in [1.54, 1.807) is 19.2 Å². The van der Waals surface area contributed by atoms with Crippen molar-refractivity contribution in [2.75, 3.05) is 6.61 Å². The van der Waals surface area contributed by atoms with Gasteiger partial charge in [0.2, 0.25) is 11.8 Å². The normalized spacial score (nSPS) is 11.7. The monoisotopic (exact) mass is 469 g/mol. The molecule has 0 fully saturated rings. The predicted molar refractivity (Wildman–Crippen MR) is 131 cm³/mol. The lowest BCUT2D eigenvalue weighted by atomic mass is 9.83. The first kappa shape index (κ1) is 24.0. The number of pyridine rings is 1. The summed E-state index contributed by atoms with van der Waals surface area (Å²) in [4.78, 5) is 29.1. The van der Waals surface area contributed by atoms with Gasteiger partial charge in [-0.15, -0.1) is 10.2 Å². The predicted octanol–water partition coefficient (Wildman–Crippen LogP) is 5.26. The van der Waals surface area contributed by atoms with Crippen LogP contribution in [0.15, 0.2) is 71.3 Å². The lowest BCUT2D eigenvalue weighted by Crippen LogP contribution is -2.11. The quantitative estimate of drug-likeness (QED) is 0.244. The van der Waals surface area contributed by atoms with Crippen molar-refractivity contribution < 1.29 is 18.7 Å². The summed E-state index contributed by atoms with van der Waals surface area (Å²) >= 11 is 0. The summed E-state index contributed by atoms with van der Waals surface area (Å²) in [7, 11) is 0. The number of rotatable bonds is 9. The van der Waals surface area contributed by atoms with Gasteiger partial charge in [-0.05, 0) is 61.7 Å². The molecule has 1 unspecified atom stereocenters. The molecule has 2 aromatic heterocycles. The first-order valence-electron chi connectivity index (χ1n) is 11.5. The molecule has 0 aliphatic carbocycles. The van der Waals surface area contributed by atoms with E-state index in [1.165, 1.54) is 0 Å². The second-order valence-corrected chi connectivity index (χ2v) is 8.33. The number of benzene rings is 2. The topological polar surface area (TPSA) is 95.2 Å². The Kier molecular flexibility index (Phi) is 7.45. The van der Waals surface area contributed by atoms with Gasteiger partial charge in [0.15, 0.2) is 5.78 Å². The smallest absolute Gasteiger partial charge is 0.315 e. The maximum atomic E-state index is 13.2. The SMILES string of the molecule is CCOC(=O)Cc1nnc(-c2ccc(C(CC(=O)c3ccnc(C)c3)c3ccccc3C)cc2)o1. The van der Waals surface area contributed by atoms with Crippen LogP contribution in [-0.2, 0) is 16.0 Å². The summed E-state index contributed by atoms with van der Waals surface area (Å²) in [6.45, 7) is 5.98. The molecule has 0 aliphatic rings. The molecule has 0 radical (unpaired) electrons. The van der Waals surface area contributed by atoms with Crippen LogP contribution in [0, 0.1) is 13.8 Å². The molecule has 0 amide bonds. The zero-order chi connectivity index (χ0) is 24.8. The van der Waals surface area contributed by atoms with Gasteiger partial charge in [-0.3, -0.25) is 14.6 Å². The molecular weight excluding hydrogens is 442 g/mol. The zero-order valence-corrected chi connectivity index (χ0v) is 20.0. The molecule has 0 saturated heterocycles. The van der Waals surface area contributed by atoms with Crippen LogP contribution in [0.3, 0.4) is 0 Å². The van der Waals surface area contributed by atoms with Gasteiger partial charge in [-0.1, -0.05) is 36.4 Å². The molecule has 35 heavy (non-hydrogen) atoms. The largest absolute Gasteiger partial charge is 0.466 e. The number of hydrogen-bond acceptors (Lipinski definition) is 7. The summed E-state index contributed by atoms with van der Waals surface area (Å²) in [6.07, 6.45) is 1.93. The molecule has 4 aromatic rings. The van der Waals surface area contributed by atoms with Crippen molar-refractivity contribution in [3.05, 3.63) is 101 Å². The van der Waals surface area contributed by atoms with Crippen LogP contribution in [0.1, 0.15) is 57.9 Å². The molecule has 1 atom stereocenters. The van der Waals surface area contributed by atoms with Crippen molar-refractivity contribution in [1.82, 2.24) is 15.2 Å². The minimum atomic E-state index is -0.409. The van der Waals surface area contributed by atoms with E-state index in [2.05, 4.69) is 34.2 Å². The molecule has 4 rings (SSSR count). The average Bonchev–Trinajstić information content (AvgIpc) is 3.31. The van der Waals surface area contributed by atoms with E-state index in [-0.39, 0.29) is 24.0 Å². The third-order valence-electron chi connectivity index (χ3n) is 5.80. The van der Waals surface area contributed by atoms with Gasteiger partial charge in [0.05, 0.1) is 6.61 Å². The molecule has 0 bridgehead atoms. The van der Waals surface area contributed by atoms with Crippen molar-refractivity contribution in [2.45, 2.75) is 39.5 Å². The maximum absolute atomic E-state index is 13.2. The van der Waals surface area contributed by atoms with Crippen molar-refractivity contribution in [3.63, 3.8) is 0 Å². The van der Waals surface area contributed by atoms with Gasteiger partial charge in [-0.2, -0.15) is 0 Å². The van der Waals surface area contributed by atoms with Crippen molar-refractivity contribution in [3.8, 4) is 11.5 Å². The molecule has 7 nitrogen and oxygen atoms in total. The summed E-state index contributed by atoms with van der Waals surface area (Å²) in [6, 6.07) is 19.4. The zero-order valence-electron chi connectivity index (χ0n) is 20.0. The first-order chi connectivity index (χ1) is 16.9. The highest BCUT2D eigenvalue weighted by Crippen LogP contribution is 2.33. The molecule has 0 aliphatic heterocycles. The second kappa shape index (κ2) is 10.9. The Labute approximate surface area is 204 Å². The highest BCUT2D eigenvalue weighted by molar-refractivity contribution is 5.96. The minimum Gasteiger partial charge on any atom is -0.466 e. The fourth-order valence-corrected chi connectivity index (χ4v) is 4.04. The molecule has 0 saturated carbocycles. The number of hydrogen-bond donors (Lipinski definition) is 0. The lowest BCUT2D eigenvalue weighted by molar-refractivity contribution is -0.142. The third-order valence-corrected chi connectivity index (χ3v) is 5.80. The van der Waals surface area contributed by atoms with Crippen molar-refractivity contribution in [1.29, 1.82) is 0 Å². The summed E-state index contributed by atoms with van der Waals surface area (Å²) in [5.74, 6) is 0.0694. The number of ether oxygens (including phenoxy) is 1. The Morgan fingerprint density at radius 1 is 1.00 bits per heavy atom. The fraction of sp³-hybridized carbons (Fsp3) is 0.250. The molecule has 7 heteroatoms. The van der Waals surface area contributed by atoms with E-state index in [0.29, 0.717) is 24.5 Å². The Morgan fingerprint density at radius 3 is 2.49 bits per heavy atom. The standard InChI is InChI=1S/C28H27N3O4/c1-4-34-27(33)17-26-30-31-28(35-26)21-11-9-20(10-12-21)24(23-8-6-5-7-18(23)2)16-25(32)22-13-14-29-19(3)15-22/h5-15,24H,4,16-17H2,1-3H3. The van der Waals surface area contributed by atoms with Gasteiger partial charge in [-0.25, -0.2) is 0 Å². The van der Waals surface area contributed by atoms with Crippen LogP contribution in [-0.4, -0.2) is 33.5 Å². The molecule has 2 heterocycles. The van der Waals surface area contributed by atoms with Crippen LogP contribution in [0.4, 0.5) is 0 Å². The number of carbonyl (C=O) groups is 2. The van der Waals surface area contributed by atoms with Gasteiger partial charge >= 0.3 is 5.97 Å². The maximum Gasteiger partial charge on any atom is 0.315 e. The number of Topliss-reactive ketones (excluding diaryl/α,β-unsaturated/α-hetero) is 1. The van der Waals surface area contributed by atoms with E-state index in [4.69, 9.17) is 9.15 Å². The van der Waals surface area contributed by atoms with Crippen LogP contribution < -0.4 is 0 Å². The lowest BCUT2D eigenvalue weighted by Gasteiger charge is -2.20. The fourth-order valence-electron chi connectivity index (χ4n) is 4.04. The Balaban J connectivity index is 1.60. The third kappa shape index (κ3) is 5.87. The molecule has 178 valence electrons. The summed E-state index contributed by atoms with van der Waals surface area (Å²) in [5, 5.41) is 8.00. The minimum absolute atomic E-state index is 0.0633. The van der Waals surface area contributed by atoms with Gasteiger partial charge < -0.3 is 9.15 Å². The van der Waals surface area contributed by atoms with Crippen molar-refractivity contribution >= 4 is 11.8 Å². The highest BCUT2D eigenvalue weighted by atomic mass is 16.5. The van der Waals surface area contributed by atoms with E-state index in [0.717, 1.165) is 27.9 Å². The van der Waals surface area contributed by atoms with Crippen LogP contribution in [0.5, 0.6) is 0 Å². The molecule has 2 aromatic carbocycles. The van der Waals surface area contributed by atoms with E-state index >= 15 is 0 Å². The molecular formula is C28H27N3O4. The van der Waals surface area contributed by atoms with Crippen LogP contribution in [0.25, 0.3) is 11.5 Å². The van der Waals surface area contributed by atoms with Gasteiger partial charge in [0, 0.05) is 35.4 Å². The summed E-state index contributed by atoms with van der Waals surface area (Å²) < 4.78 is 10.6. The average molecular weight is 470 g/mol. The van der Waals surface area contributed by atoms with E-state index in [9.17, 15) is 9.59 Å². The van der Waals surface area contributed by atoms with Gasteiger partial charge in [0.25, 0.3) is 0 Å². The number of aryl methyl sites for hydroxylation is 2. The summed E-state index contributed by atoms with van der Waals surface area (Å²) in [5.41, 5.74) is 5.45. The number of ketones is 1. The Morgan fingerprint density at radius 2 is 1.77 bits per heavy atom. The number of esters is 1. The van der Waals surface area contributed by atoms with Crippen LogP contribution >= 0.6 is 0 Å².